The van der Waals surface area contributed by atoms with Gasteiger partial charge in [-0.2, -0.15) is 25.6 Å². The summed E-state index contributed by atoms with van der Waals surface area (Å²) in [6.07, 6.45) is 0. The molecule has 0 radical (unpaired) electrons. The summed E-state index contributed by atoms with van der Waals surface area (Å²) in [6, 6.07) is 0.933. The minimum atomic E-state index is -5.67. The van der Waals surface area contributed by atoms with Crippen molar-refractivity contribution in [2.75, 3.05) is 12.4 Å². The summed E-state index contributed by atoms with van der Waals surface area (Å²) < 4.78 is 193. The van der Waals surface area contributed by atoms with E-state index in [0.29, 0.717) is 0 Å². The molecule has 0 saturated carbocycles. The third kappa shape index (κ3) is 22.9. The minimum absolute atomic E-state index is 0.0594. The average molecular weight is 876 g/mol. The maximum Gasteiger partial charge on any atom is 0.476 e. The molecule has 0 bridgehead atoms. The Labute approximate surface area is 281 Å². The highest BCUT2D eigenvalue weighted by molar-refractivity contribution is 8.14. The lowest BCUT2D eigenvalue weighted by Crippen LogP contribution is -2.12. The molecule has 0 amide bonds. The van der Waals surface area contributed by atoms with Crippen molar-refractivity contribution < 1.29 is 95.2 Å². The van der Waals surface area contributed by atoms with Gasteiger partial charge in [-0.15, -0.1) is 3.89 Å². The molecule has 30 heteroatoms. The normalized spacial score (nSPS) is 11.0. The molecular formula is C18H8Cl4F10O12S4. The Hall–Kier alpha value is -2.62. The minimum Gasteiger partial charge on any atom is -0.276 e. The predicted octanol–water partition coefficient (Wildman–Crippen LogP) is 4.95. The van der Waals surface area contributed by atoms with Crippen LogP contribution in [0.1, 0.15) is 20.7 Å². The van der Waals surface area contributed by atoms with E-state index in [0.717, 1.165) is 0 Å². The van der Waals surface area contributed by atoms with E-state index in [2.05, 4.69) is 22.3 Å². The summed E-state index contributed by atoms with van der Waals surface area (Å²) in [4.78, 5) is 37.0. The largest absolute Gasteiger partial charge is 0.476 e. The Bertz CT molecular complexity index is 1910. The van der Waals surface area contributed by atoms with Gasteiger partial charge in [-0.25, -0.2) is 38.8 Å². The van der Waals surface area contributed by atoms with Gasteiger partial charge in [0.2, 0.25) is 0 Å². The molecule has 2 aromatic rings. The number of hydrogen-bond donors (Lipinski definition) is 0. The first-order chi connectivity index (χ1) is 21.2. The van der Waals surface area contributed by atoms with E-state index >= 15 is 0 Å². The fourth-order valence-electron chi connectivity index (χ4n) is 1.88. The van der Waals surface area contributed by atoms with Crippen LogP contribution in [0, 0.1) is 23.3 Å². The summed E-state index contributed by atoms with van der Waals surface area (Å²) in [5, 5.41) is -2.46. The number of hydrogen-bond acceptors (Lipinski definition) is 12. The van der Waals surface area contributed by atoms with Gasteiger partial charge in [0.05, 0.1) is 4.90 Å². The third-order valence-electron chi connectivity index (χ3n) is 3.42. The molecule has 0 aliphatic heterocycles. The van der Waals surface area contributed by atoms with Gasteiger partial charge in [0.1, 0.15) is 5.56 Å². The molecule has 0 aliphatic carbocycles. The van der Waals surface area contributed by atoms with Crippen LogP contribution in [0.4, 0.5) is 42.4 Å². The van der Waals surface area contributed by atoms with Crippen LogP contribution in [0.15, 0.2) is 34.1 Å². The molecule has 2 rings (SSSR count). The molecule has 48 heavy (non-hydrogen) atoms. The highest BCUT2D eigenvalue weighted by Crippen LogP contribution is 2.30. The molecular weight excluding hydrogens is 868 g/mol. The zero-order valence-electron chi connectivity index (χ0n) is 21.5. The molecule has 2 aromatic carbocycles. The standard InChI is InChI=1S/C7Cl2F4O3S.C7H4Cl2O3S.C2H2F2O3S.C2H2F2O.F2O2S/c8-7(14)1-2(10)4(12)6(17(9,15)16)5(13)3(1)11;8-7(10)5-1-3-6(4-2-5)13(9,11)12;3-2(5)1-8(4,6)7;3-1-2(4)5;1-5(2,3)4/h;1-4H;1H2;1H2;. The van der Waals surface area contributed by atoms with E-state index in [4.69, 9.17) is 35.5 Å². The second-order valence-electron chi connectivity index (χ2n) is 6.81. The molecule has 0 saturated heterocycles. The zero-order chi connectivity index (χ0) is 39.2. The molecule has 12 nitrogen and oxygen atoms in total. The van der Waals surface area contributed by atoms with Gasteiger partial charge in [-0.3, -0.25) is 19.2 Å². The summed E-state index contributed by atoms with van der Waals surface area (Å²) in [5.74, 6) is -10.8. The Morgan fingerprint density at radius 3 is 1.10 bits per heavy atom. The van der Waals surface area contributed by atoms with Gasteiger partial charge < -0.3 is 0 Å². The number of carbonyl (C=O) groups excluding carboxylic acids is 4. The monoisotopic (exact) mass is 874 g/mol. The van der Waals surface area contributed by atoms with Crippen LogP contribution in [0.5, 0.6) is 0 Å². The first-order valence-electron chi connectivity index (χ1n) is 9.93. The Balaban J connectivity index is -0.000000576. The van der Waals surface area contributed by atoms with E-state index in [9.17, 15) is 82.0 Å². The molecule has 0 fully saturated rings. The molecule has 0 spiro atoms. The number of rotatable bonds is 7. The van der Waals surface area contributed by atoms with E-state index in [1.54, 1.807) is 0 Å². The molecule has 274 valence electrons. The molecule has 0 heterocycles. The van der Waals surface area contributed by atoms with E-state index < -0.39 is 108 Å². The van der Waals surface area contributed by atoms with Crippen LogP contribution in [-0.4, -0.2) is 68.7 Å². The third-order valence-corrected chi connectivity index (χ3v) is 7.07. The second kappa shape index (κ2) is 20.8. The van der Waals surface area contributed by atoms with Gasteiger partial charge in [-0.05, 0) is 47.5 Å². The fraction of sp³-hybridized carbons (Fsp3) is 0.111. The Kier molecular flexibility index (Phi) is 21.6. The second-order valence-corrected chi connectivity index (χ2v) is 14.7. The lowest BCUT2D eigenvalue weighted by molar-refractivity contribution is -0.130. The first kappa shape index (κ1) is 49.8. The Morgan fingerprint density at radius 1 is 0.604 bits per heavy atom. The molecule has 0 unspecified atom stereocenters. The summed E-state index contributed by atoms with van der Waals surface area (Å²) in [5.41, 5.74) is -1.50. The van der Waals surface area contributed by atoms with Crippen molar-refractivity contribution >= 4 is 106 Å². The van der Waals surface area contributed by atoms with E-state index in [-0.39, 0.29) is 10.5 Å². The van der Waals surface area contributed by atoms with Crippen molar-refractivity contribution in [3.63, 3.8) is 0 Å². The molecule has 0 aliphatic rings. The van der Waals surface area contributed by atoms with Crippen molar-refractivity contribution in [3.8, 4) is 0 Å². The highest BCUT2D eigenvalue weighted by atomic mass is 35.7. The van der Waals surface area contributed by atoms with Crippen molar-refractivity contribution in [3.05, 3.63) is 58.7 Å². The number of carbonyl (C=O) groups is 4. The van der Waals surface area contributed by atoms with Gasteiger partial charge in [0.15, 0.2) is 40.6 Å². The lowest BCUT2D eigenvalue weighted by atomic mass is 10.2. The van der Waals surface area contributed by atoms with Crippen molar-refractivity contribution in [2.45, 2.75) is 9.79 Å². The lowest BCUT2D eigenvalue weighted by Gasteiger charge is -2.06. The average Bonchev–Trinajstić information content (AvgIpc) is 2.85. The van der Waals surface area contributed by atoms with Crippen LogP contribution < -0.4 is 0 Å². The quantitative estimate of drug-likeness (QED) is 0.206. The van der Waals surface area contributed by atoms with Crippen molar-refractivity contribution in [1.82, 2.24) is 0 Å². The molecule has 0 N–H and O–H groups in total. The smallest absolute Gasteiger partial charge is 0.276 e. The summed E-state index contributed by atoms with van der Waals surface area (Å²) >= 11 is 9.84. The topological polar surface area (TPSA) is 205 Å². The van der Waals surface area contributed by atoms with Crippen LogP contribution in [-0.2, 0) is 48.5 Å². The summed E-state index contributed by atoms with van der Waals surface area (Å²) in [7, 11) is -9.78. The number of halogens is 14. The molecule has 0 atom stereocenters. The maximum absolute atomic E-state index is 13.1. The maximum atomic E-state index is 13.1. The fourth-order valence-corrected chi connectivity index (χ4v) is 4.23. The van der Waals surface area contributed by atoms with E-state index in [1.807, 2.05) is 0 Å². The van der Waals surface area contributed by atoms with Crippen LogP contribution in [0.3, 0.4) is 0 Å². The summed E-state index contributed by atoms with van der Waals surface area (Å²) in [6.45, 7) is -1.50. The highest BCUT2D eigenvalue weighted by Gasteiger charge is 2.34. The van der Waals surface area contributed by atoms with Crippen LogP contribution in [0.25, 0.3) is 0 Å². The predicted molar refractivity (Wildman–Crippen MR) is 143 cm³/mol. The van der Waals surface area contributed by atoms with Crippen LogP contribution in [0.2, 0.25) is 0 Å². The van der Waals surface area contributed by atoms with Gasteiger partial charge in [0, 0.05) is 26.9 Å². The van der Waals surface area contributed by atoms with Crippen LogP contribution >= 0.6 is 44.6 Å². The van der Waals surface area contributed by atoms with E-state index in [1.165, 1.54) is 24.3 Å². The van der Waals surface area contributed by atoms with Gasteiger partial charge >= 0.3 is 32.9 Å². The SMILES string of the molecule is O=C(Cl)c1c(F)c(F)c(S(=O)(=O)Cl)c(F)c1F.O=C(Cl)c1ccc(S(=O)(=O)Cl)cc1.O=C(F)CF.O=C(F)CS(=O)(=O)F.O=S(=O)(F)F. The number of alkyl halides is 1. The van der Waals surface area contributed by atoms with Crippen molar-refractivity contribution in [1.29, 1.82) is 0 Å². The zero-order valence-corrected chi connectivity index (χ0v) is 27.8. The van der Waals surface area contributed by atoms with Gasteiger partial charge in [0.25, 0.3) is 28.6 Å². The molecule has 0 aromatic heterocycles. The Morgan fingerprint density at radius 2 is 0.938 bits per heavy atom. The van der Waals surface area contributed by atoms with Crippen molar-refractivity contribution in [2.24, 2.45) is 0 Å². The van der Waals surface area contributed by atoms with Gasteiger partial charge in [-0.1, -0.05) is 7.77 Å². The number of benzene rings is 2. The first-order valence-corrected chi connectivity index (χ1v) is 18.1.